The number of hydrogen-bond acceptors (Lipinski definition) is 2. The number of nitrogens with one attached hydrogen (secondary N) is 2. The first-order chi connectivity index (χ1) is 6.36. The molecule has 1 saturated heterocycles. The van der Waals surface area contributed by atoms with E-state index in [-0.39, 0.29) is 11.8 Å². The van der Waals surface area contributed by atoms with Gasteiger partial charge < -0.3 is 10.6 Å². The maximum atomic E-state index is 11.7. The normalized spacial score (nSPS) is 29.4. The van der Waals surface area contributed by atoms with E-state index in [1.54, 1.807) is 0 Å². The molecule has 2 fully saturated rings. The molecule has 2 aliphatic rings. The molecule has 1 amide bonds. The summed E-state index contributed by atoms with van der Waals surface area (Å²) in [7, 11) is 0. The maximum Gasteiger partial charge on any atom is 0.224 e. The van der Waals surface area contributed by atoms with Crippen LogP contribution in [0.4, 0.5) is 0 Å². The standard InChI is InChI=1S/C10H18N2O/c13-10(8-5-6-11-7-8)12-9-3-1-2-4-9/h8-9,11H,1-7H2,(H,12,13)/t8-/m1/s1. The van der Waals surface area contributed by atoms with Crippen LogP contribution in [0.15, 0.2) is 0 Å². The van der Waals surface area contributed by atoms with Crippen molar-refractivity contribution in [2.75, 3.05) is 13.1 Å². The third-order valence-electron chi connectivity index (χ3n) is 3.13. The SMILES string of the molecule is O=C(NC1CCCC1)[C@@H]1CCNC1. The molecule has 1 saturated carbocycles. The molecular weight excluding hydrogens is 164 g/mol. The fraction of sp³-hybridized carbons (Fsp3) is 0.900. The van der Waals surface area contributed by atoms with E-state index in [2.05, 4.69) is 10.6 Å². The predicted molar refractivity (Wildman–Crippen MR) is 51.4 cm³/mol. The Labute approximate surface area is 79.3 Å². The van der Waals surface area contributed by atoms with Crippen molar-refractivity contribution < 1.29 is 4.79 Å². The zero-order valence-corrected chi connectivity index (χ0v) is 8.01. The first-order valence-corrected chi connectivity index (χ1v) is 5.37. The van der Waals surface area contributed by atoms with E-state index >= 15 is 0 Å². The van der Waals surface area contributed by atoms with Crippen LogP contribution < -0.4 is 10.6 Å². The number of carbonyl (C=O) groups excluding carboxylic acids is 1. The van der Waals surface area contributed by atoms with Crippen molar-refractivity contribution >= 4 is 5.91 Å². The molecule has 0 aromatic heterocycles. The van der Waals surface area contributed by atoms with Gasteiger partial charge in [0.2, 0.25) is 5.91 Å². The number of carbonyl (C=O) groups is 1. The molecule has 3 heteroatoms. The minimum Gasteiger partial charge on any atom is -0.353 e. The monoisotopic (exact) mass is 182 g/mol. The molecule has 1 atom stereocenters. The molecule has 13 heavy (non-hydrogen) atoms. The van der Waals surface area contributed by atoms with Crippen molar-refractivity contribution in [3.63, 3.8) is 0 Å². The topological polar surface area (TPSA) is 41.1 Å². The van der Waals surface area contributed by atoms with Gasteiger partial charge in [-0.1, -0.05) is 12.8 Å². The van der Waals surface area contributed by atoms with E-state index in [1.807, 2.05) is 0 Å². The summed E-state index contributed by atoms with van der Waals surface area (Å²) in [5, 5.41) is 6.36. The van der Waals surface area contributed by atoms with Crippen molar-refractivity contribution in [3.05, 3.63) is 0 Å². The summed E-state index contributed by atoms with van der Waals surface area (Å²) in [6.45, 7) is 1.88. The molecule has 74 valence electrons. The predicted octanol–water partition coefficient (Wildman–Crippen LogP) is 0.655. The fourth-order valence-corrected chi connectivity index (χ4v) is 2.27. The summed E-state index contributed by atoms with van der Waals surface area (Å²) in [5.41, 5.74) is 0. The van der Waals surface area contributed by atoms with Gasteiger partial charge in [0.05, 0.1) is 5.92 Å². The Kier molecular flexibility index (Phi) is 2.83. The Bertz CT molecular complexity index is 181. The molecule has 0 aromatic rings. The molecule has 1 heterocycles. The molecule has 1 aliphatic heterocycles. The van der Waals surface area contributed by atoms with E-state index in [4.69, 9.17) is 0 Å². The quantitative estimate of drug-likeness (QED) is 0.658. The van der Waals surface area contributed by atoms with Gasteiger partial charge in [-0.25, -0.2) is 0 Å². The lowest BCUT2D eigenvalue weighted by Gasteiger charge is -2.14. The van der Waals surface area contributed by atoms with Gasteiger partial charge in [-0.2, -0.15) is 0 Å². The van der Waals surface area contributed by atoms with Gasteiger partial charge in [0.15, 0.2) is 0 Å². The molecule has 3 nitrogen and oxygen atoms in total. The van der Waals surface area contributed by atoms with Crippen molar-refractivity contribution in [3.8, 4) is 0 Å². The lowest BCUT2D eigenvalue weighted by Crippen LogP contribution is -2.38. The highest BCUT2D eigenvalue weighted by Crippen LogP contribution is 2.18. The minimum atomic E-state index is 0.237. The third-order valence-corrected chi connectivity index (χ3v) is 3.13. The average molecular weight is 182 g/mol. The average Bonchev–Trinajstić information content (AvgIpc) is 2.74. The molecule has 2 N–H and O–H groups in total. The number of rotatable bonds is 2. The van der Waals surface area contributed by atoms with Crippen LogP contribution in [0.25, 0.3) is 0 Å². The molecule has 2 rings (SSSR count). The van der Waals surface area contributed by atoms with Gasteiger partial charge in [0.1, 0.15) is 0 Å². The Hall–Kier alpha value is -0.570. The molecule has 0 aromatic carbocycles. The van der Waals surface area contributed by atoms with Crippen molar-refractivity contribution in [2.45, 2.75) is 38.1 Å². The van der Waals surface area contributed by atoms with Crippen LogP contribution in [-0.2, 0) is 4.79 Å². The van der Waals surface area contributed by atoms with E-state index in [0.717, 1.165) is 19.5 Å². The van der Waals surface area contributed by atoms with E-state index in [9.17, 15) is 4.79 Å². The van der Waals surface area contributed by atoms with E-state index in [0.29, 0.717) is 6.04 Å². The zero-order chi connectivity index (χ0) is 9.10. The van der Waals surface area contributed by atoms with E-state index < -0.39 is 0 Å². The lowest BCUT2D eigenvalue weighted by atomic mass is 10.1. The van der Waals surface area contributed by atoms with Crippen molar-refractivity contribution in [1.29, 1.82) is 0 Å². The Balaban J connectivity index is 1.76. The molecular formula is C10H18N2O. The van der Waals surface area contributed by atoms with Crippen LogP contribution in [0.5, 0.6) is 0 Å². The maximum absolute atomic E-state index is 11.7. The number of amides is 1. The van der Waals surface area contributed by atoms with Crippen LogP contribution in [0, 0.1) is 5.92 Å². The molecule has 0 unspecified atom stereocenters. The Morgan fingerprint density at radius 2 is 2.00 bits per heavy atom. The first kappa shape index (κ1) is 9.00. The van der Waals surface area contributed by atoms with Crippen LogP contribution in [-0.4, -0.2) is 25.0 Å². The van der Waals surface area contributed by atoms with Crippen LogP contribution in [0.1, 0.15) is 32.1 Å². The second-order valence-corrected chi connectivity index (χ2v) is 4.18. The van der Waals surface area contributed by atoms with Gasteiger partial charge in [-0.3, -0.25) is 4.79 Å². The lowest BCUT2D eigenvalue weighted by molar-refractivity contribution is -0.125. The van der Waals surface area contributed by atoms with Crippen LogP contribution >= 0.6 is 0 Å². The summed E-state index contributed by atoms with van der Waals surface area (Å²) < 4.78 is 0. The van der Waals surface area contributed by atoms with Gasteiger partial charge in [-0.15, -0.1) is 0 Å². The second kappa shape index (κ2) is 4.09. The third kappa shape index (κ3) is 2.21. The summed E-state index contributed by atoms with van der Waals surface area (Å²) >= 11 is 0. The van der Waals surface area contributed by atoms with Crippen LogP contribution in [0.2, 0.25) is 0 Å². The highest BCUT2D eigenvalue weighted by molar-refractivity contribution is 5.79. The van der Waals surface area contributed by atoms with E-state index in [1.165, 1.54) is 25.7 Å². The minimum absolute atomic E-state index is 0.237. The first-order valence-electron chi connectivity index (χ1n) is 5.37. The fourth-order valence-electron chi connectivity index (χ4n) is 2.27. The highest BCUT2D eigenvalue weighted by Gasteiger charge is 2.25. The Morgan fingerprint density at radius 1 is 1.23 bits per heavy atom. The molecule has 0 spiro atoms. The summed E-state index contributed by atoms with van der Waals surface area (Å²) in [6, 6.07) is 0.480. The van der Waals surface area contributed by atoms with Gasteiger partial charge in [0, 0.05) is 12.6 Å². The zero-order valence-electron chi connectivity index (χ0n) is 8.01. The molecule has 1 aliphatic carbocycles. The van der Waals surface area contributed by atoms with Gasteiger partial charge in [0.25, 0.3) is 0 Å². The summed E-state index contributed by atoms with van der Waals surface area (Å²) in [6.07, 6.45) is 5.96. The van der Waals surface area contributed by atoms with Crippen molar-refractivity contribution in [1.82, 2.24) is 10.6 Å². The highest BCUT2D eigenvalue weighted by atomic mass is 16.2. The Morgan fingerprint density at radius 3 is 2.62 bits per heavy atom. The van der Waals surface area contributed by atoms with Crippen LogP contribution in [0.3, 0.4) is 0 Å². The summed E-state index contributed by atoms with van der Waals surface area (Å²) in [4.78, 5) is 11.7. The van der Waals surface area contributed by atoms with Gasteiger partial charge in [-0.05, 0) is 25.8 Å². The molecule has 0 bridgehead atoms. The summed E-state index contributed by atoms with van der Waals surface area (Å²) in [5.74, 6) is 0.512. The number of hydrogen-bond donors (Lipinski definition) is 2. The molecule has 0 radical (unpaired) electrons. The second-order valence-electron chi connectivity index (χ2n) is 4.18. The smallest absolute Gasteiger partial charge is 0.224 e. The van der Waals surface area contributed by atoms with Gasteiger partial charge >= 0.3 is 0 Å². The largest absolute Gasteiger partial charge is 0.353 e. The van der Waals surface area contributed by atoms with Crippen molar-refractivity contribution in [2.24, 2.45) is 5.92 Å².